The summed E-state index contributed by atoms with van der Waals surface area (Å²) in [5, 5.41) is 4.77. The van der Waals surface area contributed by atoms with Gasteiger partial charge in [0.1, 0.15) is 0 Å². The van der Waals surface area contributed by atoms with Crippen molar-refractivity contribution in [2.75, 3.05) is 5.75 Å². The third-order valence-corrected chi connectivity index (χ3v) is 4.08. The monoisotopic (exact) mass is 212 g/mol. The lowest BCUT2D eigenvalue weighted by atomic mass is 10.1. The van der Waals surface area contributed by atoms with Gasteiger partial charge in [0.15, 0.2) is 5.17 Å². The summed E-state index contributed by atoms with van der Waals surface area (Å²) in [7, 11) is 0. The summed E-state index contributed by atoms with van der Waals surface area (Å²) in [5.74, 6) is 2.17. The molecule has 0 amide bonds. The first kappa shape index (κ1) is 10.3. The van der Waals surface area contributed by atoms with E-state index in [0.717, 1.165) is 11.7 Å². The van der Waals surface area contributed by atoms with Gasteiger partial charge in [0.25, 0.3) is 0 Å². The molecule has 2 unspecified atom stereocenters. The highest BCUT2D eigenvalue weighted by Gasteiger charge is 2.26. The molecule has 2 aliphatic rings. The van der Waals surface area contributed by atoms with Gasteiger partial charge in [-0.25, -0.2) is 0 Å². The Kier molecular flexibility index (Phi) is 3.37. The number of hydrogen-bond acceptors (Lipinski definition) is 3. The molecule has 2 atom stereocenters. The third-order valence-electron chi connectivity index (χ3n) is 2.93. The first-order chi connectivity index (χ1) is 6.78. The number of nitrogens with one attached hydrogen (secondary N) is 1. The SMILES string of the molecule is CCC(CC1CC1)NC1=NC(C)CS1. The van der Waals surface area contributed by atoms with Gasteiger partial charge >= 0.3 is 0 Å². The highest BCUT2D eigenvalue weighted by molar-refractivity contribution is 8.14. The molecular formula is C11H20N2S. The molecule has 0 aromatic heterocycles. The predicted octanol–water partition coefficient (Wildman–Crippen LogP) is 2.65. The third kappa shape index (κ3) is 2.91. The molecule has 1 saturated carbocycles. The van der Waals surface area contributed by atoms with Crippen LogP contribution in [0.1, 0.15) is 39.5 Å². The van der Waals surface area contributed by atoms with Gasteiger partial charge in [0.05, 0.1) is 6.04 Å². The number of rotatable bonds is 4. The first-order valence-corrected chi connectivity index (χ1v) is 6.73. The molecule has 2 nitrogen and oxygen atoms in total. The zero-order chi connectivity index (χ0) is 9.97. The van der Waals surface area contributed by atoms with Crippen LogP contribution in [0.2, 0.25) is 0 Å². The fraction of sp³-hybridized carbons (Fsp3) is 0.909. The summed E-state index contributed by atoms with van der Waals surface area (Å²) in [6.45, 7) is 4.45. The molecule has 80 valence electrons. The lowest BCUT2D eigenvalue weighted by molar-refractivity contribution is 0.513. The summed E-state index contributed by atoms with van der Waals surface area (Å²) in [6, 6.07) is 1.18. The van der Waals surface area contributed by atoms with Crippen molar-refractivity contribution in [3.63, 3.8) is 0 Å². The maximum Gasteiger partial charge on any atom is 0.157 e. The average Bonchev–Trinajstić information content (AvgIpc) is 2.89. The zero-order valence-electron chi connectivity index (χ0n) is 9.12. The average molecular weight is 212 g/mol. The lowest BCUT2D eigenvalue weighted by Gasteiger charge is -2.16. The van der Waals surface area contributed by atoms with Crippen molar-refractivity contribution < 1.29 is 0 Å². The van der Waals surface area contributed by atoms with E-state index in [1.807, 2.05) is 11.8 Å². The van der Waals surface area contributed by atoms with Crippen LogP contribution in [0.25, 0.3) is 0 Å². The maximum absolute atomic E-state index is 4.57. The smallest absolute Gasteiger partial charge is 0.157 e. The summed E-state index contributed by atoms with van der Waals surface area (Å²) in [6.07, 6.45) is 5.48. The second-order valence-electron chi connectivity index (χ2n) is 4.52. The topological polar surface area (TPSA) is 24.4 Å². The van der Waals surface area contributed by atoms with Gasteiger partial charge in [-0.2, -0.15) is 0 Å². The van der Waals surface area contributed by atoms with Gasteiger partial charge < -0.3 is 5.32 Å². The molecule has 1 aliphatic carbocycles. The molecule has 0 aromatic rings. The van der Waals surface area contributed by atoms with Crippen molar-refractivity contribution in [1.29, 1.82) is 0 Å². The van der Waals surface area contributed by atoms with Gasteiger partial charge in [0, 0.05) is 11.8 Å². The minimum atomic E-state index is 0.515. The molecule has 1 N–H and O–H groups in total. The molecule has 14 heavy (non-hydrogen) atoms. The molecule has 0 radical (unpaired) electrons. The number of nitrogens with zero attached hydrogens (tertiary/aromatic N) is 1. The summed E-state index contributed by atoms with van der Waals surface area (Å²) < 4.78 is 0. The highest BCUT2D eigenvalue weighted by atomic mass is 32.2. The molecule has 3 heteroatoms. The summed E-state index contributed by atoms with van der Waals surface area (Å²) in [5.41, 5.74) is 0. The zero-order valence-corrected chi connectivity index (χ0v) is 9.94. The van der Waals surface area contributed by atoms with Gasteiger partial charge in [-0.05, 0) is 25.7 Å². The molecule has 0 saturated heterocycles. The van der Waals surface area contributed by atoms with Gasteiger partial charge in [-0.1, -0.05) is 31.5 Å². The lowest BCUT2D eigenvalue weighted by Crippen LogP contribution is -2.32. The van der Waals surface area contributed by atoms with E-state index in [2.05, 4.69) is 24.2 Å². The number of aliphatic imine (C=N–C) groups is 1. The van der Waals surface area contributed by atoms with Crippen molar-refractivity contribution in [3.05, 3.63) is 0 Å². The minimum absolute atomic E-state index is 0.515. The quantitative estimate of drug-likeness (QED) is 0.774. The number of hydrogen-bond donors (Lipinski definition) is 1. The van der Waals surface area contributed by atoms with Crippen LogP contribution >= 0.6 is 11.8 Å². The molecule has 0 aromatic carbocycles. The van der Waals surface area contributed by atoms with Gasteiger partial charge in [0.2, 0.25) is 0 Å². The predicted molar refractivity (Wildman–Crippen MR) is 63.9 cm³/mol. The van der Waals surface area contributed by atoms with E-state index < -0.39 is 0 Å². The van der Waals surface area contributed by atoms with Crippen molar-refractivity contribution in [2.24, 2.45) is 10.9 Å². The largest absolute Gasteiger partial charge is 0.362 e. The van der Waals surface area contributed by atoms with E-state index in [4.69, 9.17) is 0 Å². The van der Waals surface area contributed by atoms with Crippen LogP contribution in [0.5, 0.6) is 0 Å². The Bertz CT molecular complexity index is 223. The molecule has 0 bridgehead atoms. The van der Waals surface area contributed by atoms with Crippen LogP contribution in [0.4, 0.5) is 0 Å². The maximum atomic E-state index is 4.57. The van der Waals surface area contributed by atoms with Crippen LogP contribution in [-0.2, 0) is 0 Å². The summed E-state index contributed by atoms with van der Waals surface area (Å²) >= 11 is 1.88. The minimum Gasteiger partial charge on any atom is -0.362 e. The van der Waals surface area contributed by atoms with Gasteiger partial charge in [-0.3, -0.25) is 4.99 Å². The van der Waals surface area contributed by atoms with E-state index in [1.165, 1.54) is 30.9 Å². The van der Waals surface area contributed by atoms with Crippen molar-refractivity contribution in [3.8, 4) is 0 Å². The summed E-state index contributed by atoms with van der Waals surface area (Å²) in [4.78, 5) is 4.57. The number of amidine groups is 1. The second-order valence-corrected chi connectivity index (χ2v) is 5.53. The number of thioether (sulfide) groups is 1. The normalized spacial score (nSPS) is 28.7. The van der Waals surface area contributed by atoms with Crippen LogP contribution in [0.15, 0.2) is 4.99 Å². The highest BCUT2D eigenvalue weighted by Crippen LogP contribution is 2.34. The Morgan fingerprint density at radius 2 is 2.36 bits per heavy atom. The van der Waals surface area contributed by atoms with Crippen LogP contribution in [0.3, 0.4) is 0 Å². The molecule has 2 rings (SSSR count). The van der Waals surface area contributed by atoms with E-state index in [-0.39, 0.29) is 0 Å². The van der Waals surface area contributed by atoms with Gasteiger partial charge in [-0.15, -0.1) is 0 Å². The van der Waals surface area contributed by atoms with Crippen molar-refractivity contribution in [2.45, 2.75) is 51.6 Å². The molecule has 1 fully saturated rings. The van der Waals surface area contributed by atoms with E-state index >= 15 is 0 Å². The van der Waals surface area contributed by atoms with E-state index in [0.29, 0.717) is 12.1 Å². The Balaban J connectivity index is 1.78. The van der Waals surface area contributed by atoms with Crippen molar-refractivity contribution >= 4 is 16.9 Å². The van der Waals surface area contributed by atoms with Crippen LogP contribution in [-0.4, -0.2) is 23.0 Å². The second kappa shape index (κ2) is 4.56. The standard InChI is InChI=1S/C11H20N2S/c1-3-10(6-9-4-5-9)13-11-12-8(2)7-14-11/h8-10H,3-7H2,1-2H3,(H,12,13). The van der Waals surface area contributed by atoms with Crippen LogP contribution in [0, 0.1) is 5.92 Å². The Labute approximate surface area is 90.9 Å². The molecule has 1 heterocycles. The van der Waals surface area contributed by atoms with Crippen molar-refractivity contribution in [1.82, 2.24) is 5.32 Å². The Morgan fingerprint density at radius 3 is 2.86 bits per heavy atom. The Morgan fingerprint density at radius 1 is 1.57 bits per heavy atom. The fourth-order valence-electron chi connectivity index (χ4n) is 1.81. The van der Waals surface area contributed by atoms with Crippen LogP contribution < -0.4 is 5.32 Å². The molecule has 1 aliphatic heterocycles. The van der Waals surface area contributed by atoms with E-state index in [1.54, 1.807) is 0 Å². The molecule has 0 spiro atoms. The van der Waals surface area contributed by atoms with E-state index in [9.17, 15) is 0 Å². The first-order valence-electron chi connectivity index (χ1n) is 5.75. The Hall–Kier alpha value is -0.180. The fourth-order valence-corrected chi connectivity index (χ4v) is 2.79. The molecular weight excluding hydrogens is 192 g/mol.